The maximum atomic E-state index is 13.3. The monoisotopic (exact) mass is 395 g/mol. The molecule has 0 unspecified atom stereocenters. The highest BCUT2D eigenvalue weighted by molar-refractivity contribution is 7.20. The second-order valence-corrected chi connectivity index (χ2v) is 6.81. The van der Waals surface area contributed by atoms with E-state index in [0.717, 1.165) is 0 Å². The van der Waals surface area contributed by atoms with Crippen molar-refractivity contribution in [3.63, 3.8) is 0 Å². The number of carbonyl (C=O) groups excluding carboxylic acids is 1. The highest BCUT2D eigenvalue weighted by atomic mass is 35.5. The van der Waals surface area contributed by atoms with Crippen LogP contribution >= 0.6 is 22.9 Å². The van der Waals surface area contributed by atoms with Crippen LogP contribution in [-0.2, 0) is 11.3 Å². The van der Waals surface area contributed by atoms with Crippen molar-refractivity contribution < 1.29 is 18.7 Å². The van der Waals surface area contributed by atoms with Gasteiger partial charge in [-0.25, -0.2) is 9.37 Å². The van der Waals surface area contributed by atoms with Gasteiger partial charge in [-0.1, -0.05) is 11.6 Å². The topological polar surface area (TPSA) is 73.3 Å². The van der Waals surface area contributed by atoms with E-state index >= 15 is 0 Å². The first-order chi connectivity index (χ1) is 12.4. The first-order valence-corrected chi connectivity index (χ1v) is 8.73. The number of rotatable bonds is 5. The van der Waals surface area contributed by atoms with Crippen LogP contribution in [-0.4, -0.2) is 30.1 Å². The second kappa shape index (κ2) is 7.53. The third-order valence-electron chi connectivity index (χ3n) is 3.65. The zero-order chi connectivity index (χ0) is 18.8. The second-order valence-electron chi connectivity index (χ2n) is 5.40. The van der Waals surface area contributed by atoms with Crippen molar-refractivity contribution in [2.45, 2.75) is 13.5 Å². The summed E-state index contributed by atoms with van der Waals surface area (Å²) in [7, 11) is 3.06. The van der Waals surface area contributed by atoms with Crippen molar-refractivity contribution >= 4 is 44.7 Å². The molecule has 9 heteroatoms. The van der Waals surface area contributed by atoms with Crippen molar-refractivity contribution in [2.24, 2.45) is 0 Å². The Hall–Kier alpha value is -2.29. The first-order valence-electron chi connectivity index (χ1n) is 7.54. The van der Waals surface area contributed by atoms with E-state index in [-0.39, 0.29) is 17.5 Å². The average molecular weight is 396 g/mol. The predicted octanol–water partition coefficient (Wildman–Crippen LogP) is 4.20. The molecular formula is C17H15ClFN3O3S. The molecule has 0 aliphatic heterocycles. The number of aromatic nitrogens is 2. The molecule has 1 amide bonds. The fraction of sp³-hybridized carbons (Fsp3) is 0.235. The molecule has 0 saturated carbocycles. The van der Waals surface area contributed by atoms with Crippen LogP contribution in [0.15, 0.2) is 18.2 Å². The molecule has 2 aromatic heterocycles. The van der Waals surface area contributed by atoms with Crippen molar-refractivity contribution in [3.05, 3.63) is 45.3 Å². The van der Waals surface area contributed by atoms with Gasteiger partial charge in [0.1, 0.15) is 17.3 Å². The van der Waals surface area contributed by atoms with E-state index < -0.39 is 5.82 Å². The fourth-order valence-electron chi connectivity index (χ4n) is 2.46. The lowest BCUT2D eigenvalue weighted by atomic mass is 10.2. The number of fused-ring (bicyclic) bond motifs is 1. The number of anilines is 1. The Bertz CT molecular complexity index is 993. The number of ether oxygens (including phenoxy) is 2. The van der Waals surface area contributed by atoms with Crippen LogP contribution in [0.25, 0.3) is 10.2 Å². The summed E-state index contributed by atoms with van der Waals surface area (Å²) in [6.07, 6.45) is 0. The lowest BCUT2D eigenvalue weighted by molar-refractivity contribution is 0.103. The van der Waals surface area contributed by atoms with Gasteiger partial charge in [-0.3, -0.25) is 4.79 Å². The number of thiophene rings is 1. The van der Waals surface area contributed by atoms with Crippen molar-refractivity contribution in [1.82, 2.24) is 9.97 Å². The molecule has 0 saturated heterocycles. The zero-order valence-electron chi connectivity index (χ0n) is 14.2. The number of methoxy groups -OCH3 is 2. The van der Waals surface area contributed by atoms with Crippen LogP contribution < -0.4 is 10.1 Å². The number of benzene rings is 1. The summed E-state index contributed by atoms with van der Waals surface area (Å²) >= 11 is 6.98. The van der Waals surface area contributed by atoms with Crippen LogP contribution in [0.3, 0.4) is 0 Å². The molecule has 0 aliphatic carbocycles. The summed E-state index contributed by atoms with van der Waals surface area (Å²) in [4.78, 5) is 22.5. The molecule has 6 nitrogen and oxygen atoms in total. The van der Waals surface area contributed by atoms with E-state index in [4.69, 9.17) is 21.1 Å². The number of halogens is 2. The molecule has 0 aliphatic rings. The number of aryl methyl sites for hydroxylation is 1. The Kier molecular flexibility index (Phi) is 5.36. The minimum Gasteiger partial charge on any atom is -0.480 e. The van der Waals surface area contributed by atoms with Gasteiger partial charge in [0.2, 0.25) is 5.88 Å². The number of hydrogen-bond acceptors (Lipinski definition) is 6. The van der Waals surface area contributed by atoms with Gasteiger partial charge < -0.3 is 14.8 Å². The molecule has 3 rings (SSSR count). The smallest absolute Gasteiger partial charge is 0.266 e. The lowest BCUT2D eigenvalue weighted by Gasteiger charge is -2.06. The maximum absolute atomic E-state index is 13.3. The molecular weight excluding hydrogens is 381 g/mol. The van der Waals surface area contributed by atoms with Gasteiger partial charge in [0.25, 0.3) is 5.91 Å². The van der Waals surface area contributed by atoms with Crippen LogP contribution in [0.4, 0.5) is 10.1 Å². The number of hydrogen-bond donors (Lipinski definition) is 1. The molecule has 0 bridgehead atoms. The molecule has 0 spiro atoms. The standard InChI is InChI=1S/C17H15ClFN3O3S/c1-8-13-16(25-3)21-12(7-24-2)22-17(13)26-14(8)15(23)20-9-4-5-11(19)10(18)6-9/h4-6H,7H2,1-3H3,(H,20,23). The Balaban J connectivity index is 2.00. The number of nitrogens with one attached hydrogen (secondary N) is 1. The summed E-state index contributed by atoms with van der Waals surface area (Å²) in [5, 5.41) is 3.33. The van der Waals surface area contributed by atoms with E-state index in [1.807, 2.05) is 0 Å². The Morgan fingerprint density at radius 2 is 2.12 bits per heavy atom. The Morgan fingerprint density at radius 3 is 2.77 bits per heavy atom. The largest absolute Gasteiger partial charge is 0.480 e. The van der Waals surface area contributed by atoms with Crippen molar-refractivity contribution in [3.8, 4) is 5.88 Å². The van der Waals surface area contributed by atoms with E-state index in [2.05, 4.69) is 15.3 Å². The number of carbonyl (C=O) groups is 1. The Labute approximate surface area is 157 Å². The van der Waals surface area contributed by atoms with Gasteiger partial charge in [-0.15, -0.1) is 11.3 Å². The van der Waals surface area contributed by atoms with Gasteiger partial charge in [0.15, 0.2) is 5.82 Å². The Morgan fingerprint density at radius 1 is 1.35 bits per heavy atom. The SMILES string of the molecule is COCc1nc(OC)c2c(C)c(C(=O)Nc3ccc(F)c(Cl)c3)sc2n1. The minimum atomic E-state index is -0.548. The average Bonchev–Trinajstić information content (AvgIpc) is 2.95. The first kappa shape index (κ1) is 18.5. The molecule has 0 radical (unpaired) electrons. The summed E-state index contributed by atoms with van der Waals surface area (Å²) < 4.78 is 23.7. The molecule has 0 atom stereocenters. The maximum Gasteiger partial charge on any atom is 0.266 e. The number of nitrogens with zero attached hydrogens (tertiary/aromatic N) is 2. The highest BCUT2D eigenvalue weighted by Gasteiger charge is 2.21. The quantitative estimate of drug-likeness (QED) is 0.700. The van der Waals surface area contributed by atoms with Gasteiger partial charge in [0.05, 0.1) is 22.4 Å². The van der Waals surface area contributed by atoms with E-state index in [1.54, 1.807) is 14.0 Å². The van der Waals surface area contributed by atoms with Gasteiger partial charge in [-0.2, -0.15) is 4.98 Å². The molecule has 2 heterocycles. The van der Waals surface area contributed by atoms with E-state index in [1.165, 1.54) is 36.6 Å². The molecule has 136 valence electrons. The summed E-state index contributed by atoms with van der Waals surface area (Å²) in [5.74, 6) is -0.0352. The summed E-state index contributed by atoms with van der Waals surface area (Å²) in [5.41, 5.74) is 1.10. The van der Waals surface area contributed by atoms with E-state index in [0.29, 0.717) is 38.0 Å². The van der Waals surface area contributed by atoms with E-state index in [9.17, 15) is 9.18 Å². The zero-order valence-corrected chi connectivity index (χ0v) is 15.8. The van der Waals surface area contributed by atoms with Crippen LogP contribution in [0.5, 0.6) is 5.88 Å². The summed E-state index contributed by atoms with van der Waals surface area (Å²) in [6.45, 7) is 2.03. The lowest BCUT2D eigenvalue weighted by Crippen LogP contribution is -2.11. The predicted molar refractivity (Wildman–Crippen MR) is 98.8 cm³/mol. The normalized spacial score (nSPS) is 11.0. The molecule has 1 aromatic carbocycles. The fourth-order valence-corrected chi connectivity index (χ4v) is 3.73. The molecule has 3 aromatic rings. The third-order valence-corrected chi connectivity index (χ3v) is 5.13. The van der Waals surface area contributed by atoms with Crippen LogP contribution in [0, 0.1) is 12.7 Å². The third kappa shape index (κ3) is 3.48. The minimum absolute atomic E-state index is 0.0624. The van der Waals surface area contributed by atoms with Crippen molar-refractivity contribution in [1.29, 1.82) is 0 Å². The van der Waals surface area contributed by atoms with Crippen LogP contribution in [0.1, 0.15) is 21.1 Å². The van der Waals surface area contributed by atoms with Gasteiger partial charge in [0, 0.05) is 12.8 Å². The van der Waals surface area contributed by atoms with Crippen LogP contribution in [0.2, 0.25) is 5.02 Å². The highest BCUT2D eigenvalue weighted by Crippen LogP contribution is 2.35. The molecule has 26 heavy (non-hydrogen) atoms. The molecule has 0 fully saturated rings. The van der Waals surface area contributed by atoms with Gasteiger partial charge in [-0.05, 0) is 30.7 Å². The van der Waals surface area contributed by atoms with Gasteiger partial charge >= 0.3 is 0 Å². The number of amides is 1. The van der Waals surface area contributed by atoms with Crippen molar-refractivity contribution in [2.75, 3.05) is 19.5 Å². The summed E-state index contributed by atoms with van der Waals surface area (Å²) in [6, 6.07) is 3.99. The molecule has 1 N–H and O–H groups in total.